The minimum absolute atomic E-state index is 0.391. The summed E-state index contributed by atoms with van der Waals surface area (Å²) in [5, 5.41) is 0. The van der Waals surface area contributed by atoms with Crippen LogP contribution in [0.1, 0.15) is 12.8 Å². The quantitative estimate of drug-likeness (QED) is 0.750. The maximum atomic E-state index is 13.0. The first-order valence-corrected chi connectivity index (χ1v) is 6.16. The summed E-state index contributed by atoms with van der Waals surface area (Å²) < 4.78 is 13.0. The highest BCUT2D eigenvalue weighted by Gasteiger charge is 2.20. The van der Waals surface area contributed by atoms with Crippen LogP contribution in [0.15, 0.2) is 18.3 Å². The Kier molecular flexibility index (Phi) is 3.94. The molecule has 0 aliphatic carbocycles. The molecule has 0 atom stereocenters. The van der Waals surface area contributed by atoms with Gasteiger partial charge in [-0.2, -0.15) is 4.39 Å². The van der Waals surface area contributed by atoms with Crippen LogP contribution in [-0.4, -0.2) is 43.6 Å². The topological polar surface area (TPSA) is 19.4 Å². The van der Waals surface area contributed by atoms with Crippen LogP contribution in [0.25, 0.3) is 0 Å². The average molecular weight is 237 g/mol. The maximum absolute atomic E-state index is 13.0. The van der Waals surface area contributed by atoms with E-state index < -0.39 is 5.95 Å². The standard InChI is InChI=1S/C13H20FN3/c1-16(2)10-11-4-7-17(8-5-11)12-3-6-15-13(14)9-12/h3,6,9,11H,4-5,7-8,10H2,1-2H3. The molecule has 1 saturated heterocycles. The Labute approximate surface area is 102 Å². The molecule has 3 nitrogen and oxygen atoms in total. The summed E-state index contributed by atoms with van der Waals surface area (Å²) in [5.74, 6) is 0.380. The zero-order chi connectivity index (χ0) is 12.3. The number of pyridine rings is 1. The fraction of sp³-hybridized carbons (Fsp3) is 0.615. The van der Waals surface area contributed by atoms with Crippen molar-refractivity contribution in [2.45, 2.75) is 12.8 Å². The van der Waals surface area contributed by atoms with E-state index in [1.807, 2.05) is 6.07 Å². The molecule has 0 amide bonds. The molecule has 1 fully saturated rings. The number of nitrogens with zero attached hydrogens (tertiary/aromatic N) is 3. The van der Waals surface area contributed by atoms with E-state index in [4.69, 9.17) is 0 Å². The third-order valence-electron chi connectivity index (χ3n) is 3.31. The molecule has 2 rings (SSSR count). The van der Waals surface area contributed by atoms with Crippen LogP contribution in [-0.2, 0) is 0 Å². The lowest BCUT2D eigenvalue weighted by atomic mass is 9.96. The summed E-state index contributed by atoms with van der Waals surface area (Å²) in [4.78, 5) is 8.08. The number of hydrogen-bond acceptors (Lipinski definition) is 3. The van der Waals surface area contributed by atoms with Crippen molar-refractivity contribution >= 4 is 5.69 Å². The van der Waals surface area contributed by atoms with Gasteiger partial charge in [-0.15, -0.1) is 0 Å². The molecule has 0 N–H and O–H groups in total. The predicted molar refractivity (Wildman–Crippen MR) is 67.7 cm³/mol. The highest BCUT2D eigenvalue weighted by Crippen LogP contribution is 2.23. The number of piperidine rings is 1. The molecule has 1 aliphatic rings. The van der Waals surface area contributed by atoms with Crippen LogP contribution < -0.4 is 4.90 Å². The molecular weight excluding hydrogens is 217 g/mol. The zero-order valence-corrected chi connectivity index (χ0v) is 10.6. The van der Waals surface area contributed by atoms with Crippen LogP contribution in [0.3, 0.4) is 0 Å². The Hall–Kier alpha value is -1.16. The van der Waals surface area contributed by atoms with Crippen LogP contribution in [0.2, 0.25) is 0 Å². The first kappa shape index (κ1) is 12.3. The van der Waals surface area contributed by atoms with Gasteiger partial charge in [-0.05, 0) is 38.9 Å². The SMILES string of the molecule is CN(C)CC1CCN(c2ccnc(F)c2)CC1. The van der Waals surface area contributed by atoms with E-state index in [1.54, 1.807) is 0 Å². The van der Waals surface area contributed by atoms with Crippen LogP contribution >= 0.6 is 0 Å². The number of halogens is 1. The van der Waals surface area contributed by atoms with Gasteiger partial charge in [0.25, 0.3) is 0 Å². The van der Waals surface area contributed by atoms with Gasteiger partial charge in [-0.25, -0.2) is 4.98 Å². The molecule has 1 aromatic rings. The maximum Gasteiger partial charge on any atom is 0.214 e. The lowest BCUT2D eigenvalue weighted by molar-refractivity contribution is 0.285. The van der Waals surface area contributed by atoms with Gasteiger partial charge >= 0.3 is 0 Å². The lowest BCUT2D eigenvalue weighted by Crippen LogP contribution is -2.37. The van der Waals surface area contributed by atoms with Crippen molar-refractivity contribution < 1.29 is 4.39 Å². The van der Waals surface area contributed by atoms with Crippen molar-refractivity contribution in [1.82, 2.24) is 9.88 Å². The van der Waals surface area contributed by atoms with Gasteiger partial charge in [0.05, 0.1) is 0 Å². The van der Waals surface area contributed by atoms with Gasteiger partial charge in [0.2, 0.25) is 5.95 Å². The summed E-state index contributed by atoms with van der Waals surface area (Å²) in [7, 11) is 4.23. The highest BCUT2D eigenvalue weighted by molar-refractivity contribution is 5.45. The molecule has 4 heteroatoms. The molecule has 0 saturated carbocycles. The van der Waals surface area contributed by atoms with E-state index in [9.17, 15) is 4.39 Å². The minimum atomic E-state index is -0.391. The number of aromatic nitrogens is 1. The largest absolute Gasteiger partial charge is 0.371 e. The van der Waals surface area contributed by atoms with Gasteiger partial charge in [-0.1, -0.05) is 0 Å². The number of hydrogen-bond donors (Lipinski definition) is 0. The zero-order valence-electron chi connectivity index (χ0n) is 10.6. The van der Waals surface area contributed by atoms with E-state index in [0.29, 0.717) is 0 Å². The second kappa shape index (κ2) is 5.45. The third-order valence-corrected chi connectivity index (χ3v) is 3.31. The molecule has 0 bridgehead atoms. The Morgan fingerprint density at radius 1 is 1.41 bits per heavy atom. The molecule has 2 heterocycles. The van der Waals surface area contributed by atoms with Crippen molar-refractivity contribution in [3.05, 3.63) is 24.3 Å². The molecule has 0 radical (unpaired) electrons. The van der Waals surface area contributed by atoms with Crippen LogP contribution in [0.4, 0.5) is 10.1 Å². The first-order valence-electron chi connectivity index (χ1n) is 6.16. The van der Waals surface area contributed by atoms with Gasteiger partial charge < -0.3 is 9.80 Å². The lowest BCUT2D eigenvalue weighted by Gasteiger charge is -2.34. The van der Waals surface area contributed by atoms with E-state index in [0.717, 1.165) is 31.2 Å². The number of rotatable bonds is 3. The summed E-state index contributed by atoms with van der Waals surface area (Å²) >= 11 is 0. The van der Waals surface area contributed by atoms with Gasteiger partial charge in [0.15, 0.2) is 0 Å². The Bertz CT molecular complexity index is 359. The van der Waals surface area contributed by atoms with Gasteiger partial charge in [-0.3, -0.25) is 0 Å². The van der Waals surface area contributed by atoms with Crippen molar-refractivity contribution in [3.63, 3.8) is 0 Å². The Morgan fingerprint density at radius 2 is 2.12 bits per heavy atom. The molecule has 0 spiro atoms. The van der Waals surface area contributed by atoms with Crippen molar-refractivity contribution in [1.29, 1.82) is 0 Å². The second-order valence-electron chi connectivity index (χ2n) is 5.03. The summed E-state index contributed by atoms with van der Waals surface area (Å²) in [6, 6.07) is 3.40. The second-order valence-corrected chi connectivity index (χ2v) is 5.03. The molecular formula is C13H20FN3. The van der Waals surface area contributed by atoms with E-state index in [-0.39, 0.29) is 0 Å². The average Bonchev–Trinajstić information content (AvgIpc) is 2.29. The van der Waals surface area contributed by atoms with Crippen LogP contribution in [0.5, 0.6) is 0 Å². The molecule has 1 aromatic heterocycles. The van der Waals surface area contributed by atoms with Crippen LogP contribution in [0, 0.1) is 11.9 Å². The summed E-state index contributed by atoms with van der Waals surface area (Å²) in [5.41, 5.74) is 0.959. The first-order chi connectivity index (χ1) is 8.15. The smallest absolute Gasteiger partial charge is 0.214 e. The monoisotopic (exact) mass is 237 g/mol. The van der Waals surface area contributed by atoms with Crippen molar-refractivity contribution in [3.8, 4) is 0 Å². The molecule has 1 aliphatic heterocycles. The predicted octanol–water partition coefficient (Wildman–Crippen LogP) is 2.00. The minimum Gasteiger partial charge on any atom is -0.371 e. The summed E-state index contributed by atoms with van der Waals surface area (Å²) in [6.45, 7) is 3.18. The van der Waals surface area contributed by atoms with Gasteiger partial charge in [0, 0.05) is 37.6 Å². The molecule has 0 aromatic carbocycles. The molecule has 17 heavy (non-hydrogen) atoms. The van der Waals surface area contributed by atoms with E-state index >= 15 is 0 Å². The van der Waals surface area contributed by atoms with Crippen molar-refractivity contribution in [2.75, 3.05) is 38.6 Å². The fourth-order valence-electron chi connectivity index (χ4n) is 2.48. The fourth-order valence-corrected chi connectivity index (χ4v) is 2.48. The number of anilines is 1. The normalized spacial score (nSPS) is 17.8. The highest BCUT2D eigenvalue weighted by atomic mass is 19.1. The summed E-state index contributed by atoms with van der Waals surface area (Å²) in [6.07, 6.45) is 3.90. The molecule has 0 unspecified atom stereocenters. The van der Waals surface area contributed by atoms with Gasteiger partial charge in [0.1, 0.15) is 0 Å². The molecule has 94 valence electrons. The van der Waals surface area contributed by atoms with E-state index in [2.05, 4.69) is 28.9 Å². The van der Waals surface area contributed by atoms with E-state index in [1.165, 1.54) is 25.1 Å². The Balaban J connectivity index is 1.91. The third kappa shape index (κ3) is 3.40. The van der Waals surface area contributed by atoms with Crippen molar-refractivity contribution in [2.24, 2.45) is 5.92 Å². The Morgan fingerprint density at radius 3 is 2.71 bits per heavy atom.